The molecule has 1 saturated heterocycles. The number of hydrogen-bond acceptors (Lipinski definition) is 5. The second kappa shape index (κ2) is 6.22. The molecule has 6 heteroatoms. The van der Waals surface area contributed by atoms with Crippen LogP contribution in [0.4, 0.5) is 5.82 Å². The minimum absolute atomic E-state index is 0.973. The van der Waals surface area contributed by atoms with Gasteiger partial charge in [-0.25, -0.2) is 0 Å². The average Bonchev–Trinajstić information content (AvgIpc) is 2.73. The summed E-state index contributed by atoms with van der Waals surface area (Å²) in [6.07, 6.45) is 7.00. The average molecular weight is 286 g/mol. The molecule has 2 aromatic heterocycles. The first-order chi connectivity index (χ1) is 10.2. The zero-order valence-corrected chi connectivity index (χ0v) is 12.7. The van der Waals surface area contributed by atoms with Crippen molar-refractivity contribution in [3.63, 3.8) is 0 Å². The van der Waals surface area contributed by atoms with Gasteiger partial charge in [-0.15, -0.1) is 5.10 Å². The number of hydrogen-bond donors (Lipinski definition) is 0. The Labute approximate surface area is 125 Å². The maximum absolute atomic E-state index is 4.26. The standard InChI is InChI=1S/C15H22N6/c1-13-8-15(18-16-9-13)21-5-3-4-20(6-7-21)12-14-10-17-19(2)11-14/h8-11H,3-7,12H2,1-2H3. The Morgan fingerprint density at radius 1 is 1.14 bits per heavy atom. The molecule has 1 aliphatic heterocycles. The first-order valence-electron chi connectivity index (χ1n) is 7.45. The molecule has 0 amide bonds. The number of aryl methyl sites for hydroxylation is 2. The smallest absolute Gasteiger partial charge is 0.151 e. The fourth-order valence-electron chi connectivity index (χ4n) is 2.77. The highest BCUT2D eigenvalue weighted by atomic mass is 15.3. The van der Waals surface area contributed by atoms with Crippen molar-refractivity contribution in [2.24, 2.45) is 7.05 Å². The normalized spacial score (nSPS) is 17.0. The summed E-state index contributed by atoms with van der Waals surface area (Å²) in [5.74, 6) is 0.998. The Morgan fingerprint density at radius 2 is 2.05 bits per heavy atom. The van der Waals surface area contributed by atoms with E-state index < -0.39 is 0 Å². The lowest BCUT2D eigenvalue weighted by Crippen LogP contribution is -2.31. The zero-order chi connectivity index (χ0) is 14.7. The predicted molar refractivity (Wildman–Crippen MR) is 82.1 cm³/mol. The molecular formula is C15H22N6. The lowest BCUT2D eigenvalue weighted by atomic mass is 10.3. The van der Waals surface area contributed by atoms with Gasteiger partial charge in [0, 0.05) is 51.5 Å². The summed E-state index contributed by atoms with van der Waals surface area (Å²) in [6, 6.07) is 2.11. The summed E-state index contributed by atoms with van der Waals surface area (Å²) >= 11 is 0. The lowest BCUT2D eigenvalue weighted by molar-refractivity contribution is 0.285. The maximum Gasteiger partial charge on any atom is 0.151 e. The lowest BCUT2D eigenvalue weighted by Gasteiger charge is -2.22. The van der Waals surface area contributed by atoms with E-state index in [9.17, 15) is 0 Å². The predicted octanol–water partition coefficient (Wildman–Crippen LogP) is 1.23. The van der Waals surface area contributed by atoms with Crippen molar-refractivity contribution in [3.8, 4) is 0 Å². The van der Waals surface area contributed by atoms with Crippen LogP contribution in [0.2, 0.25) is 0 Å². The third-order valence-electron chi connectivity index (χ3n) is 3.86. The molecule has 3 rings (SSSR count). The topological polar surface area (TPSA) is 50.1 Å². The van der Waals surface area contributed by atoms with E-state index in [1.54, 1.807) is 6.20 Å². The van der Waals surface area contributed by atoms with E-state index in [4.69, 9.17) is 0 Å². The first-order valence-corrected chi connectivity index (χ1v) is 7.45. The molecule has 1 aliphatic rings. The van der Waals surface area contributed by atoms with Gasteiger partial charge in [-0.3, -0.25) is 9.58 Å². The molecule has 0 bridgehead atoms. The van der Waals surface area contributed by atoms with E-state index in [0.717, 1.165) is 50.5 Å². The minimum atomic E-state index is 0.973. The summed E-state index contributed by atoms with van der Waals surface area (Å²) in [6.45, 7) is 7.24. The molecular weight excluding hydrogens is 264 g/mol. The molecule has 3 heterocycles. The molecule has 0 aliphatic carbocycles. The van der Waals surface area contributed by atoms with Gasteiger partial charge in [0.2, 0.25) is 0 Å². The van der Waals surface area contributed by atoms with Crippen LogP contribution in [0.15, 0.2) is 24.7 Å². The van der Waals surface area contributed by atoms with Gasteiger partial charge in [-0.05, 0) is 25.0 Å². The summed E-state index contributed by atoms with van der Waals surface area (Å²) in [5, 5.41) is 12.6. The van der Waals surface area contributed by atoms with Gasteiger partial charge in [-0.2, -0.15) is 10.2 Å². The van der Waals surface area contributed by atoms with Gasteiger partial charge < -0.3 is 4.90 Å². The van der Waals surface area contributed by atoms with Gasteiger partial charge >= 0.3 is 0 Å². The minimum Gasteiger partial charge on any atom is -0.354 e. The fraction of sp³-hybridized carbons (Fsp3) is 0.533. The third-order valence-corrected chi connectivity index (χ3v) is 3.86. The first kappa shape index (κ1) is 14.0. The Kier molecular flexibility index (Phi) is 4.15. The quantitative estimate of drug-likeness (QED) is 0.849. The monoisotopic (exact) mass is 286 g/mol. The van der Waals surface area contributed by atoms with E-state index >= 15 is 0 Å². The molecule has 112 valence electrons. The van der Waals surface area contributed by atoms with Crippen LogP contribution in [0.25, 0.3) is 0 Å². The van der Waals surface area contributed by atoms with Crippen molar-refractivity contribution in [2.75, 3.05) is 31.1 Å². The van der Waals surface area contributed by atoms with Gasteiger partial charge in [-0.1, -0.05) is 0 Å². The van der Waals surface area contributed by atoms with Crippen LogP contribution >= 0.6 is 0 Å². The van der Waals surface area contributed by atoms with Gasteiger partial charge in [0.25, 0.3) is 0 Å². The Hall–Kier alpha value is -1.95. The Bertz CT molecular complexity index is 593. The molecule has 1 fully saturated rings. The molecule has 0 atom stereocenters. The van der Waals surface area contributed by atoms with Crippen LogP contribution in [0.5, 0.6) is 0 Å². The number of nitrogens with zero attached hydrogens (tertiary/aromatic N) is 6. The van der Waals surface area contributed by atoms with Crippen molar-refractivity contribution in [2.45, 2.75) is 19.9 Å². The molecule has 0 aromatic carbocycles. The maximum atomic E-state index is 4.26. The van der Waals surface area contributed by atoms with Crippen molar-refractivity contribution < 1.29 is 0 Å². The largest absolute Gasteiger partial charge is 0.354 e. The summed E-state index contributed by atoms with van der Waals surface area (Å²) in [4.78, 5) is 4.82. The summed E-state index contributed by atoms with van der Waals surface area (Å²) in [7, 11) is 1.96. The SMILES string of the molecule is Cc1cnnc(N2CCCN(Cc3cnn(C)c3)CC2)c1. The Balaban J connectivity index is 1.61. The van der Waals surface area contributed by atoms with E-state index in [1.165, 1.54) is 5.56 Å². The number of anilines is 1. The molecule has 2 aromatic rings. The Morgan fingerprint density at radius 3 is 2.81 bits per heavy atom. The van der Waals surface area contributed by atoms with E-state index in [0.29, 0.717) is 0 Å². The van der Waals surface area contributed by atoms with Gasteiger partial charge in [0.05, 0.1) is 12.4 Å². The van der Waals surface area contributed by atoms with Gasteiger partial charge in [0.1, 0.15) is 0 Å². The molecule has 0 N–H and O–H groups in total. The molecule has 0 saturated carbocycles. The zero-order valence-electron chi connectivity index (χ0n) is 12.7. The highest BCUT2D eigenvalue weighted by molar-refractivity contribution is 5.39. The summed E-state index contributed by atoms with van der Waals surface area (Å²) in [5.41, 5.74) is 2.44. The number of aromatic nitrogens is 4. The molecule has 0 spiro atoms. The van der Waals surface area contributed by atoms with Crippen molar-refractivity contribution in [3.05, 3.63) is 35.8 Å². The van der Waals surface area contributed by atoms with E-state index in [-0.39, 0.29) is 0 Å². The molecule has 21 heavy (non-hydrogen) atoms. The van der Waals surface area contributed by atoms with Crippen LogP contribution in [0, 0.1) is 6.92 Å². The van der Waals surface area contributed by atoms with Crippen LogP contribution in [-0.4, -0.2) is 51.1 Å². The third kappa shape index (κ3) is 3.58. The summed E-state index contributed by atoms with van der Waals surface area (Å²) < 4.78 is 1.86. The van der Waals surface area contributed by atoms with Crippen LogP contribution in [-0.2, 0) is 13.6 Å². The van der Waals surface area contributed by atoms with Crippen molar-refractivity contribution in [1.29, 1.82) is 0 Å². The van der Waals surface area contributed by atoms with Gasteiger partial charge in [0.15, 0.2) is 5.82 Å². The van der Waals surface area contributed by atoms with Crippen molar-refractivity contribution >= 4 is 5.82 Å². The van der Waals surface area contributed by atoms with Crippen LogP contribution in [0.3, 0.4) is 0 Å². The van der Waals surface area contributed by atoms with Crippen LogP contribution < -0.4 is 4.90 Å². The fourth-order valence-corrected chi connectivity index (χ4v) is 2.77. The van der Waals surface area contributed by atoms with E-state index in [1.807, 2.05) is 17.9 Å². The number of rotatable bonds is 3. The second-order valence-corrected chi connectivity index (χ2v) is 5.73. The second-order valence-electron chi connectivity index (χ2n) is 5.73. The highest BCUT2D eigenvalue weighted by Gasteiger charge is 2.16. The van der Waals surface area contributed by atoms with Crippen molar-refractivity contribution in [1.82, 2.24) is 24.9 Å². The highest BCUT2D eigenvalue weighted by Crippen LogP contribution is 2.15. The van der Waals surface area contributed by atoms with E-state index in [2.05, 4.69) is 44.3 Å². The van der Waals surface area contributed by atoms with Crippen LogP contribution in [0.1, 0.15) is 17.5 Å². The molecule has 0 unspecified atom stereocenters. The molecule has 6 nitrogen and oxygen atoms in total. The molecule has 0 radical (unpaired) electrons.